The number of benzene rings is 1. The number of nitrogens with zero attached hydrogens (tertiary/aromatic N) is 1. The molecule has 1 rings (SSSR count). The Hall–Kier alpha value is -1.68. The van der Waals surface area contributed by atoms with E-state index < -0.39 is 12.6 Å². The lowest BCUT2D eigenvalue weighted by atomic mass is 10.0. The van der Waals surface area contributed by atoms with E-state index in [1.165, 1.54) is 0 Å². The summed E-state index contributed by atoms with van der Waals surface area (Å²) in [5, 5.41) is 17.8. The molecule has 0 saturated heterocycles. The first kappa shape index (κ1) is 13.4. The Kier molecular flexibility index (Phi) is 4.40. The summed E-state index contributed by atoms with van der Waals surface area (Å²) in [6.07, 6.45) is 0. The van der Waals surface area contributed by atoms with Crippen molar-refractivity contribution in [3.63, 3.8) is 0 Å². The molecule has 4 nitrogen and oxygen atoms in total. The van der Waals surface area contributed by atoms with Crippen LogP contribution in [-0.4, -0.2) is 17.7 Å². The minimum Gasteiger partial charge on any atom is -0.478 e. The molecule has 1 N–H and O–H groups in total. The number of ether oxygens (including phenoxy) is 1. The SMILES string of the molecule is N#Cc1cc(OC(F)F)cc(CBr)c1C(=O)O. The lowest BCUT2D eigenvalue weighted by molar-refractivity contribution is -0.0498. The standard InChI is InChI=1S/C10H6BrF2NO3/c11-3-5-1-7(17-10(12)13)2-6(4-14)8(5)9(15)16/h1-2,10H,3H2,(H,15,16). The van der Waals surface area contributed by atoms with Crippen molar-refractivity contribution in [3.05, 3.63) is 28.8 Å². The number of carbonyl (C=O) groups is 1. The van der Waals surface area contributed by atoms with E-state index in [0.29, 0.717) is 0 Å². The lowest BCUT2D eigenvalue weighted by Gasteiger charge is -2.09. The molecule has 0 aliphatic heterocycles. The highest BCUT2D eigenvalue weighted by Crippen LogP contribution is 2.25. The number of carboxylic acid groups (broad SMARTS) is 1. The maximum Gasteiger partial charge on any atom is 0.387 e. The molecule has 0 fully saturated rings. The van der Waals surface area contributed by atoms with Crippen molar-refractivity contribution in [2.75, 3.05) is 0 Å². The molecule has 0 amide bonds. The zero-order valence-electron chi connectivity index (χ0n) is 8.28. The number of aromatic carboxylic acids is 1. The van der Waals surface area contributed by atoms with Gasteiger partial charge in [-0.25, -0.2) is 4.79 Å². The maximum atomic E-state index is 12.0. The Morgan fingerprint density at radius 1 is 1.59 bits per heavy atom. The minimum atomic E-state index is -3.03. The molecule has 0 unspecified atom stereocenters. The van der Waals surface area contributed by atoms with Crippen LogP contribution in [0.2, 0.25) is 0 Å². The number of rotatable bonds is 4. The highest BCUT2D eigenvalue weighted by atomic mass is 79.9. The predicted octanol–water partition coefficient (Wildman–Crippen LogP) is 2.75. The Morgan fingerprint density at radius 3 is 2.65 bits per heavy atom. The summed E-state index contributed by atoms with van der Waals surface area (Å²) in [5.74, 6) is -1.53. The molecule has 0 aliphatic carbocycles. The minimum absolute atomic E-state index is 0.115. The van der Waals surface area contributed by atoms with Crippen LogP contribution in [0.25, 0.3) is 0 Å². The third-order valence-corrected chi connectivity index (χ3v) is 2.50. The fraction of sp³-hybridized carbons (Fsp3) is 0.200. The van der Waals surface area contributed by atoms with Gasteiger partial charge in [0, 0.05) is 5.33 Å². The molecule has 1 aromatic carbocycles. The maximum absolute atomic E-state index is 12.0. The largest absolute Gasteiger partial charge is 0.478 e. The number of halogens is 3. The number of hydrogen-bond acceptors (Lipinski definition) is 3. The van der Waals surface area contributed by atoms with Gasteiger partial charge in [-0.1, -0.05) is 15.9 Å². The number of nitriles is 1. The van der Waals surface area contributed by atoms with E-state index in [2.05, 4.69) is 20.7 Å². The van der Waals surface area contributed by atoms with E-state index in [9.17, 15) is 13.6 Å². The van der Waals surface area contributed by atoms with Crippen LogP contribution in [0.4, 0.5) is 8.78 Å². The fourth-order valence-electron chi connectivity index (χ4n) is 1.29. The summed E-state index contributed by atoms with van der Waals surface area (Å²) >= 11 is 3.02. The molecule has 0 spiro atoms. The molecular weight excluding hydrogens is 300 g/mol. The van der Waals surface area contributed by atoms with Crippen molar-refractivity contribution in [1.29, 1.82) is 5.26 Å². The van der Waals surface area contributed by atoms with E-state index >= 15 is 0 Å². The summed E-state index contributed by atoms with van der Waals surface area (Å²) in [7, 11) is 0. The molecule has 1 aromatic rings. The van der Waals surface area contributed by atoms with Crippen molar-refractivity contribution in [2.24, 2.45) is 0 Å². The Morgan fingerprint density at radius 2 is 2.24 bits per heavy atom. The number of carboxylic acids is 1. The van der Waals surface area contributed by atoms with Crippen LogP contribution < -0.4 is 4.74 Å². The third-order valence-electron chi connectivity index (χ3n) is 1.90. The number of hydrogen-bond donors (Lipinski definition) is 1. The van der Waals surface area contributed by atoms with Gasteiger partial charge in [0.25, 0.3) is 0 Å². The molecule has 0 heterocycles. The highest BCUT2D eigenvalue weighted by Gasteiger charge is 2.18. The van der Waals surface area contributed by atoms with Crippen molar-refractivity contribution in [1.82, 2.24) is 0 Å². The van der Waals surface area contributed by atoms with Crippen molar-refractivity contribution in [2.45, 2.75) is 11.9 Å². The normalized spacial score (nSPS) is 10.1. The Labute approximate surface area is 104 Å². The third kappa shape index (κ3) is 3.14. The molecule has 0 aromatic heterocycles. The fourth-order valence-corrected chi connectivity index (χ4v) is 1.73. The van der Waals surface area contributed by atoms with Crippen molar-refractivity contribution in [3.8, 4) is 11.8 Å². The molecule has 0 bridgehead atoms. The highest BCUT2D eigenvalue weighted by molar-refractivity contribution is 9.08. The van der Waals surface area contributed by atoms with Gasteiger partial charge in [0.05, 0.1) is 11.1 Å². The van der Waals surface area contributed by atoms with Crippen LogP contribution in [0.1, 0.15) is 21.5 Å². The Bertz CT molecular complexity index is 485. The van der Waals surface area contributed by atoms with Gasteiger partial charge in [0.15, 0.2) is 0 Å². The van der Waals surface area contributed by atoms with Gasteiger partial charge in [0.1, 0.15) is 11.8 Å². The zero-order valence-corrected chi connectivity index (χ0v) is 9.87. The van der Waals surface area contributed by atoms with Gasteiger partial charge in [-0.05, 0) is 17.7 Å². The van der Waals surface area contributed by atoms with Crippen LogP contribution in [0.15, 0.2) is 12.1 Å². The molecular formula is C10H6BrF2NO3. The predicted molar refractivity (Wildman–Crippen MR) is 57.4 cm³/mol. The van der Waals surface area contributed by atoms with Crippen LogP contribution >= 0.6 is 15.9 Å². The van der Waals surface area contributed by atoms with E-state index in [1.54, 1.807) is 6.07 Å². The van der Waals surface area contributed by atoms with Gasteiger partial charge in [-0.3, -0.25) is 0 Å². The van der Waals surface area contributed by atoms with Crippen LogP contribution in [-0.2, 0) is 5.33 Å². The smallest absolute Gasteiger partial charge is 0.387 e. The van der Waals surface area contributed by atoms with Crippen LogP contribution in [0.3, 0.4) is 0 Å². The van der Waals surface area contributed by atoms with Gasteiger partial charge >= 0.3 is 12.6 Å². The first-order valence-electron chi connectivity index (χ1n) is 4.30. The summed E-state index contributed by atoms with van der Waals surface area (Å²) in [4.78, 5) is 10.9. The van der Waals surface area contributed by atoms with Gasteiger partial charge in [-0.2, -0.15) is 14.0 Å². The molecule has 0 atom stereocenters. The lowest BCUT2D eigenvalue weighted by Crippen LogP contribution is -2.08. The number of alkyl halides is 3. The van der Waals surface area contributed by atoms with Gasteiger partial charge in [-0.15, -0.1) is 0 Å². The Balaban J connectivity index is 3.35. The monoisotopic (exact) mass is 305 g/mol. The zero-order chi connectivity index (χ0) is 13.0. The van der Waals surface area contributed by atoms with E-state index in [-0.39, 0.29) is 27.8 Å². The second-order valence-electron chi connectivity index (χ2n) is 2.93. The second-order valence-corrected chi connectivity index (χ2v) is 3.49. The topological polar surface area (TPSA) is 70.3 Å². The average Bonchev–Trinajstić information content (AvgIpc) is 2.26. The van der Waals surface area contributed by atoms with E-state index in [1.807, 2.05) is 0 Å². The first-order valence-corrected chi connectivity index (χ1v) is 5.42. The molecule has 90 valence electrons. The molecule has 0 aliphatic rings. The molecule has 0 saturated carbocycles. The van der Waals surface area contributed by atoms with Gasteiger partial charge < -0.3 is 9.84 Å². The van der Waals surface area contributed by atoms with E-state index in [4.69, 9.17) is 10.4 Å². The summed E-state index contributed by atoms with van der Waals surface area (Å²) in [6.45, 7) is -3.03. The average molecular weight is 306 g/mol. The molecule has 7 heteroatoms. The molecule has 17 heavy (non-hydrogen) atoms. The van der Waals surface area contributed by atoms with Crippen LogP contribution in [0, 0.1) is 11.3 Å². The summed E-state index contributed by atoms with van der Waals surface area (Å²) in [6, 6.07) is 3.77. The quantitative estimate of drug-likeness (QED) is 0.868. The van der Waals surface area contributed by atoms with Gasteiger partial charge in [0.2, 0.25) is 0 Å². The first-order chi connectivity index (χ1) is 7.99. The van der Waals surface area contributed by atoms with Crippen molar-refractivity contribution < 1.29 is 23.4 Å². The summed E-state index contributed by atoms with van der Waals surface area (Å²) < 4.78 is 28.2. The van der Waals surface area contributed by atoms with Crippen LogP contribution in [0.5, 0.6) is 5.75 Å². The summed E-state index contributed by atoms with van der Waals surface area (Å²) in [5.41, 5.74) is -0.233. The second kappa shape index (κ2) is 5.59. The molecule has 0 radical (unpaired) electrons. The van der Waals surface area contributed by atoms with Crippen molar-refractivity contribution >= 4 is 21.9 Å². The van der Waals surface area contributed by atoms with E-state index in [0.717, 1.165) is 12.1 Å².